The second kappa shape index (κ2) is 7.66. The van der Waals surface area contributed by atoms with Crippen molar-refractivity contribution in [3.05, 3.63) is 54.1 Å². The monoisotopic (exact) mass is 419 g/mol. The van der Waals surface area contributed by atoms with Gasteiger partial charge in [-0.3, -0.25) is 0 Å². The quantitative estimate of drug-likeness (QED) is 0.677. The van der Waals surface area contributed by atoms with Crippen LogP contribution in [0.4, 0.5) is 0 Å². The smallest absolute Gasteiger partial charge is 0.343 e. The maximum atomic E-state index is 12.8. The number of esters is 1. The number of ether oxygens (including phenoxy) is 3. The molecule has 0 radical (unpaired) electrons. The summed E-state index contributed by atoms with van der Waals surface area (Å²) in [5.74, 6) is -0.0615. The van der Waals surface area contributed by atoms with Crippen LogP contribution in [-0.2, 0) is 19.6 Å². The highest BCUT2D eigenvalue weighted by Crippen LogP contribution is 2.51. The van der Waals surface area contributed by atoms with Crippen molar-refractivity contribution in [1.82, 2.24) is 4.72 Å². The number of nitrogens with one attached hydrogen (secondary N) is 1. The SMILES string of the molecule is COC(=O)COc1cccc2c1OC1CC(O)C(NS(=O)(=O)c3ccccc3)[C@H]21. The van der Waals surface area contributed by atoms with Crippen LogP contribution in [0.15, 0.2) is 53.4 Å². The summed E-state index contributed by atoms with van der Waals surface area (Å²) in [5.41, 5.74) is 0.731. The summed E-state index contributed by atoms with van der Waals surface area (Å²) in [6.07, 6.45) is -1.01. The number of methoxy groups -OCH3 is 1. The molecule has 4 rings (SSSR count). The summed E-state index contributed by atoms with van der Waals surface area (Å²) in [7, 11) is -2.54. The van der Waals surface area contributed by atoms with Gasteiger partial charge in [0.1, 0.15) is 6.10 Å². The molecule has 1 aliphatic carbocycles. The molecule has 2 N–H and O–H groups in total. The van der Waals surface area contributed by atoms with Gasteiger partial charge in [0.2, 0.25) is 10.0 Å². The lowest BCUT2D eigenvalue weighted by molar-refractivity contribution is -0.142. The van der Waals surface area contributed by atoms with Crippen molar-refractivity contribution >= 4 is 16.0 Å². The molecule has 154 valence electrons. The first-order valence-electron chi connectivity index (χ1n) is 9.15. The molecule has 0 aromatic heterocycles. The fraction of sp³-hybridized carbons (Fsp3) is 0.350. The van der Waals surface area contributed by atoms with E-state index in [1.165, 1.54) is 19.2 Å². The van der Waals surface area contributed by atoms with Crippen LogP contribution >= 0.6 is 0 Å². The summed E-state index contributed by atoms with van der Waals surface area (Å²) in [6.45, 7) is -0.266. The molecule has 3 unspecified atom stereocenters. The molecule has 1 aliphatic heterocycles. The highest BCUT2D eigenvalue weighted by molar-refractivity contribution is 7.89. The first-order valence-corrected chi connectivity index (χ1v) is 10.6. The Kier molecular flexibility index (Phi) is 5.20. The molecule has 1 fully saturated rings. The Morgan fingerprint density at radius 1 is 1.21 bits per heavy atom. The van der Waals surface area contributed by atoms with Crippen molar-refractivity contribution in [3.8, 4) is 11.5 Å². The highest BCUT2D eigenvalue weighted by Gasteiger charge is 2.51. The van der Waals surface area contributed by atoms with Crippen LogP contribution in [0.1, 0.15) is 17.9 Å². The minimum Gasteiger partial charge on any atom is -0.485 e. The molecule has 2 aliphatic rings. The van der Waals surface area contributed by atoms with Gasteiger partial charge in [0.05, 0.1) is 24.2 Å². The van der Waals surface area contributed by atoms with E-state index >= 15 is 0 Å². The predicted molar refractivity (Wildman–Crippen MR) is 102 cm³/mol. The number of rotatable bonds is 6. The molecule has 1 heterocycles. The average Bonchev–Trinajstić information content (AvgIpc) is 3.22. The van der Waals surface area contributed by atoms with Gasteiger partial charge in [0, 0.05) is 17.9 Å². The molecule has 9 heteroatoms. The number of aliphatic hydroxyl groups is 1. The van der Waals surface area contributed by atoms with Gasteiger partial charge in [0.25, 0.3) is 0 Å². The third-order valence-electron chi connectivity index (χ3n) is 5.23. The molecule has 4 atom stereocenters. The maximum Gasteiger partial charge on any atom is 0.343 e. The number of carbonyl (C=O) groups is 1. The van der Waals surface area contributed by atoms with Crippen LogP contribution < -0.4 is 14.2 Å². The summed E-state index contributed by atoms with van der Waals surface area (Å²) in [5, 5.41) is 10.5. The van der Waals surface area contributed by atoms with Crippen molar-refractivity contribution in [3.63, 3.8) is 0 Å². The second-order valence-electron chi connectivity index (χ2n) is 6.98. The minimum atomic E-state index is -3.81. The Balaban J connectivity index is 1.61. The van der Waals surface area contributed by atoms with E-state index in [9.17, 15) is 18.3 Å². The van der Waals surface area contributed by atoms with Crippen molar-refractivity contribution < 1.29 is 32.5 Å². The second-order valence-corrected chi connectivity index (χ2v) is 8.70. The third kappa shape index (κ3) is 3.68. The molecule has 0 bridgehead atoms. The molecular weight excluding hydrogens is 398 g/mol. The van der Waals surface area contributed by atoms with Crippen LogP contribution in [0.5, 0.6) is 11.5 Å². The van der Waals surface area contributed by atoms with E-state index in [0.717, 1.165) is 5.56 Å². The van der Waals surface area contributed by atoms with Gasteiger partial charge in [-0.2, -0.15) is 0 Å². The number of para-hydroxylation sites is 1. The van der Waals surface area contributed by atoms with E-state index in [-0.39, 0.29) is 23.8 Å². The highest BCUT2D eigenvalue weighted by atomic mass is 32.2. The standard InChI is InChI=1S/C20H21NO7S/c1-26-17(23)11-27-15-9-5-8-13-18-16(28-20(13)15)10-14(22)19(18)21-29(24,25)12-6-3-2-4-7-12/h2-9,14,16,18-19,21-22H,10-11H2,1H3/t14?,16?,18-,19?/m1/s1. The van der Waals surface area contributed by atoms with E-state index < -0.39 is 34.2 Å². The van der Waals surface area contributed by atoms with Crippen LogP contribution in [-0.4, -0.2) is 51.5 Å². The van der Waals surface area contributed by atoms with Crippen molar-refractivity contribution in [2.24, 2.45) is 0 Å². The summed E-state index contributed by atoms with van der Waals surface area (Å²) >= 11 is 0. The lowest BCUT2D eigenvalue weighted by Crippen LogP contribution is -2.43. The summed E-state index contributed by atoms with van der Waals surface area (Å²) in [4.78, 5) is 11.5. The van der Waals surface area contributed by atoms with Crippen molar-refractivity contribution in [2.75, 3.05) is 13.7 Å². The molecule has 0 saturated heterocycles. The third-order valence-corrected chi connectivity index (χ3v) is 6.71. The van der Waals surface area contributed by atoms with Gasteiger partial charge >= 0.3 is 5.97 Å². The fourth-order valence-electron chi connectivity index (χ4n) is 3.90. The molecule has 8 nitrogen and oxygen atoms in total. The van der Waals surface area contributed by atoms with Gasteiger partial charge in [-0.05, 0) is 18.2 Å². The number of carbonyl (C=O) groups excluding carboxylic acids is 1. The van der Waals surface area contributed by atoms with Gasteiger partial charge in [-0.1, -0.05) is 30.3 Å². The molecule has 29 heavy (non-hydrogen) atoms. The molecular formula is C20H21NO7S. The number of hydrogen-bond donors (Lipinski definition) is 2. The Labute approximate surface area is 168 Å². The predicted octanol–water partition coefficient (Wildman–Crippen LogP) is 1.19. The average molecular weight is 419 g/mol. The lowest BCUT2D eigenvalue weighted by Gasteiger charge is -2.22. The van der Waals surface area contributed by atoms with Crippen molar-refractivity contribution in [1.29, 1.82) is 0 Å². The number of aliphatic hydroxyl groups excluding tert-OH is 1. The van der Waals surface area contributed by atoms with E-state index in [1.54, 1.807) is 30.3 Å². The zero-order chi connectivity index (χ0) is 20.6. The number of hydrogen-bond acceptors (Lipinski definition) is 7. The van der Waals surface area contributed by atoms with E-state index in [4.69, 9.17) is 9.47 Å². The first-order chi connectivity index (χ1) is 13.9. The largest absolute Gasteiger partial charge is 0.485 e. The van der Waals surface area contributed by atoms with Crippen LogP contribution in [0.25, 0.3) is 0 Å². The van der Waals surface area contributed by atoms with Gasteiger partial charge in [-0.25, -0.2) is 17.9 Å². The zero-order valence-electron chi connectivity index (χ0n) is 15.6. The summed E-state index contributed by atoms with van der Waals surface area (Å²) < 4.78 is 44.2. The van der Waals surface area contributed by atoms with Crippen LogP contribution in [0.3, 0.4) is 0 Å². The fourth-order valence-corrected chi connectivity index (χ4v) is 5.21. The van der Waals surface area contributed by atoms with E-state index in [1.807, 2.05) is 6.07 Å². The molecule has 1 saturated carbocycles. The minimum absolute atomic E-state index is 0.130. The lowest BCUT2D eigenvalue weighted by atomic mass is 9.94. The normalized spacial score (nSPS) is 25.0. The number of benzene rings is 2. The Bertz CT molecular complexity index is 1010. The van der Waals surface area contributed by atoms with Crippen LogP contribution in [0, 0.1) is 0 Å². The van der Waals surface area contributed by atoms with Gasteiger partial charge in [-0.15, -0.1) is 0 Å². The Hall–Kier alpha value is -2.62. The molecule has 2 aromatic rings. The zero-order valence-corrected chi connectivity index (χ0v) is 16.5. The number of fused-ring (bicyclic) bond motifs is 3. The topological polar surface area (TPSA) is 111 Å². The van der Waals surface area contributed by atoms with Crippen LogP contribution in [0.2, 0.25) is 0 Å². The Morgan fingerprint density at radius 2 is 1.97 bits per heavy atom. The number of sulfonamides is 1. The summed E-state index contributed by atoms with van der Waals surface area (Å²) in [6, 6.07) is 12.5. The first kappa shape index (κ1) is 19.7. The van der Waals surface area contributed by atoms with E-state index in [0.29, 0.717) is 11.5 Å². The van der Waals surface area contributed by atoms with Gasteiger partial charge < -0.3 is 19.3 Å². The maximum absolute atomic E-state index is 12.8. The molecule has 2 aromatic carbocycles. The van der Waals surface area contributed by atoms with Gasteiger partial charge in [0.15, 0.2) is 18.1 Å². The molecule has 0 spiro atoms. The molecule has 0 amide bonds. The van der Waals surface area contributed by atoms with E-state index in [2.05, 4.69) is 9.46 Å². The Morgan fingerprint density at radius 3 is 2.69 bits per heavy atom. The van der Waals surface area contributed by atoms with Crippen molar-refractivity contribution in [2.45, 2.75) is 35.5 Å².